The average molecular weight is 338 g/mol. The van der Waals surface area contributed by atoms with E-state index in [1.165, 1.54) is 19.3 Å². The molecule has 6 nitrogen and oxygen atoms in total. The van der Waals surface area contributed by atoms with Crippen LogP contribution in [0.2, 0.25) is 0 Å². The zero-order chi connectivity index (χ0) is 17.4. The van der Waals surface area contributed by atoms with E-state index in [1.807, 2.05) is 11.8 Å². The molecule has 3 amide bonds. The van der Waals surface area contributed by atoms with E-state index >= 15 is 0 Å². The monoisotopic (exact) mass is 338 g/mol. The summed E-state index contributed by atoms with van der Waals surface area (Å²) in [5.74, 6) is 0.173. The molecule has 0 aromatic heterocycles. The van der Waals surface area contributed by atoms with Crippen molar-refractivity contribution in [3.8, 4) is 0 Å². The third kappa shape index (κ3) is 5.96. The second kappa shape index (κ2) is 9.87. The molecule has 1 aliphatic carbocycles. The van der Waals surface area contributed by atoms with Crippen molar-refractivity contribution in [2.75, 3.05) is 13.1 Å². The van der Waals surface area contributed by atoms with Gasteiger partial charge in [0.1, 0.15) is 0 Å². The third-order valence-corrected chi connectivity index (χ3v) is 5.27. The number of amides is 3. The van der Waals surface area contributed by atoms with E-state index in [9.17, 15) is 9.59 Å². The van der Waals surface area contributed by atoms with Crippen LogP contribution in [0.25, 0.3) is 0 Å². The van der Waals surface area contributed by atoms with Crippen LogP contribution in [0.5, 0.6) is 0 Å². The summed E-state index contributed by atoms with van der Waals surface area (Å²) in [6.45, 7) is 3.34. The van der Waals surface area contributed by atoms with Crippen molar-refractivity contribution in [3.63, 3.8) is 0 Å². The van der Waals surface area contributed by atoms with Crippen LogP contribution in [0, 0.1) is 0 Å². The van der Waals surface area contributed by atoms with Gasteiger partial charge in [0.15, 0.2) is 0 Å². The predicted octanol–water partition coefficient (Wildman–Crippen LogP) is 2.13. The van der Waals surface area contributed by atoms with E-state index in [4.69, 9.17) is 5.73 Å². The highest BCUT2D eigenvalue weighted by molar-refractivity contribution is 5.77. The van der Waals surface area contributed by atoms with Crippen molar-refractivity contribution < 1.29 is 9.59 Å². The minimum atomic E-state index is -0.0965. The van der Waals surface area contributed by atoms with E-state index in [-0.39, 0.29) is 24.0 Å². The number of nitrogens with one attached hydrogen (secondary N) is 2. The van der Waals surface area contributed by atoms with Crippen LogP contribution in [0.4, 0.5) is 4.79 Å². The molecule has 138 valence electrons. The number of rotatable bonds is 6. The first kappa shape index (κ1) is 19.0. The Kier molecular flexibility index (Phi) is 7.82. The second-order valence-corrected chi connectivity index (χ2v) is 7.35. The van der Waals surface area contributed by atoms with Crippen LogP contribution in [0.15, 0.2) is 0 Å². The number of hydrogen-bond donors (Lipinski definition) is 3. The summed E-state index contributed by atoms with van der Waals surface area (Å²) in [5.41, 5.74) is 6.02. The molecule has 0 spiro atoms. The second-order valence-electron chi connectivity index (χ2n) is 7.35. The van der Waals surface area contributed by atoms with Gasteiger partial charge in [-0.2, -0.15) is 0 Å². The van der Waals surface area contributed by atoms with Gasteiger partial charge in [-0.25, -0.2) is 4.79 Å². The Morgan fingerprint density at radius 2 is 1.83 bits per heavy atom. The number of piperidine rings is 1. The lowest BCUT2D eigenvalue weighted by Gasteiger charge is -2.38. The molecule has 0 bridgehead atoms. The van der Waals surface area contributed by atoms with E-state index in [0.717, 1.165) is 38.6 Å². The van der Waals surface area contributed by atoms with Gasteiger partial charge in [0.25, 0.3) is 0 Å². The fraction of sp³-hybridized carbons (Fsp3) is 0.889. The van der Waals surface area contributed by atoms with Gasteiger partial charge in [-0.15, -0.1) is 0 Å². The summed E-state index contributed by atoms with van der Waals surface area (Å²) in [6, 6.07) is 0.420. The number of nitrogens with two attached hydrogens (primary N) is 1. The Balaban J connectivity index is 1.62. The minimum absolute atomic E-state index is 0.0219. The van der Waals surface area contributed by atoms with E-state index < -0.39 is 0 Å². The molecule has 1 heterocycles. The van der Waals surface area contributed by atoms with Gasteiger partial charge < -0.3 is 21.3 Å². The lowest BCUT2D eigenvalue weighted by molar-refractivity contribution is -0.135. The van der Waals surface area contributed by atoms with Gasteiger partial charge in [-0.3, -0.25) is 4.79 Å². The molecule has 0 aromatic rings. The van der Waals surface area contributed by atoms with Gasteiger partial charge in [0, 0.05) is 37.6 Å². The molecule has 6 heteroatoms. The number of carbonyl (C=O) groups excluding carboxylic acids is 2. The first-order valence-corrected chi connectivity index (χ1v) is 9.67. The van der Waals surface area contributed by atoms with E-state index in [1.54, 1.807) is 0 Å². The Morgan fingerprint density at radius 3 is 2.54 bits per heavy atom. The fourth-order valence-electron chi connectivity index (χ4n) is 3.88. The lowest BCUT2D eigenvalue weighted by Crippen LogP contribution is -2.51. The minimum Gasteiger partial charge on any atom is -0.338 e. The maximum Gasteiger partial charge on any atom is 0.315 e. The van der Waals surface area contributed by atoms with Crippen molar-refractivity contribution in [2.45, 2.75) is 89.3 Å². The number of likely N-dealkylation sites (tertiary alicyclic amines) is 1. The molecule has 2 aliphatic rings. The lowest BCUT2D eigenvalue weighted by atomic mass is 9.96. The van der Waals surface area contributed by atoms with Gasteiger partial charge in [0.2, 0.25) is 5.91 Å². The Hall–Kier alpha value is -1.30. The molecule has 4 N–H and O–H groups in total. The van der Waals surface area contributed by atoms with Crippen LogP contribution in [0.1, 0.15) is 71.1 Å². The number of nitrogens with zero attached hydrogens (tertiary/aromatic N) is 1. The highest BCUT2D eigenvalue weighted by Gasteiger charge is 2.28. The highest BCUT2D eigenvalue weighted by Crippen LogP contribution is 2.20. The molecule has 0 aromatic carbocycles. The number of hydrogen-bond acceptors (Lipinski definition) is 3. The first-order valence-electron chi connectivity index (χ1n) is 9.67. The van der Waals surface area contributed by atoms with Crippen LogP contribution >= 0.6 is 0 Å². The van der Waals surface area contributed by atoms with Crippen LogP contribution < -0.4 is 16.4 Å². The molecule has 1 aliphatic heterocycles. The maximum absolute atomic E-state index is 12.4. The molecule has 2 rings (SSSR count). The summed E-state index contributed by atoms with van der Waals surface area (Å²) in [5, 5.41) is 5.91. The zero-order valence-electron chi connectivity index (χ0n) is 15.1. The number of urea groups is 1. The molecular formula is C18H34N4O2. The topological polar surface area (TPSA) is 87.5 Å². The third-order valence-electron chi connectivity index (χ3n) is 5.27. The molecule has 2 fully saturated rings. The van der Waals surface area contributed by atoms with Crippen molar-refractivity contribution in [1.82, 2.24) is 15.5 Å². The van der Waals surface area contributed by atoms with E-state index in [0.29, 0.717) is 25.4 Å². The predicted molar refractivity (Wildman–Crippen MR) is 95.6 cm³/mol. The standard InChI is InChI=1S/C18H34N4O2/c1-14(19)16-10-5-6-13-22(16)17(23)11-7-12-20-18(24)21-15-8-3-2-4-9-15/h14-16H,2-13,19H2,1H3,(H2,20,21,24). The van der Waals surface area contributed by atoms with Crippen molar-refractivity contribution >= 4 is 11.9 Å². The summed E-state index contributed by atoms with van der Waals surface area (Å²) < 4.78 is 0. The molecule has 2 unspecified atom stereocenters. The molecular weight excluding hydrogens is 304 g/mol. The normalized spacial score (nSPS) is 23.6. The van der Waals surface area contributed by atoms with Gasteiger partial charge in [-0.1, -0.05) is 19.3 Å². The van der Waals surface area contributed by atoms with E-state index in [2.05, 4.69) is 10.6 Å². The maximum atomic E-state index is 12.4. The van der Waals surface area contributed by atoms with Crippen molar-refractivity contribution in [1.29, 1.82) is 0 Å². The Bertz CT molecular complexity index is 408. The summed E-state index contributed by atoms with van der Waals surface area (Å²) in [6.07, 6.45) is 10.2. The summed E-state index contributed by atoms with van der Waals surface area (Å²) in [4.78, 5) is 26.2. The summed E-state index contributed by atoms with van der Waals surface area (Å²) in [7, 11) is 0. The molecule has 0 radical (unpaired) electrons. The molecule has 1 saturated heterocycles. The van der Waals surface area contributed by atoms with Crippen molar-refractivity contribution in [2.24, 2.45) is 5.73 Å². The van der Waals surface area contributed by atoms with Crippen LogP contribution in [0.3, 0.4) is 0 Å². The fourth-order valence-corrected chi connectivity index (χ4v) is 3.88. The van der Waals surface area contributed by atoms with Crippen molar-refractivity contribution in [3.05, 3.63) is 0 Å². The largest absolute Gasteiger partial charge is 0.338 e. The van der Waals surface area contributed by atoms with Gasteiger partial charge in [0.05, 0.1) is 0 Å². The van der Waals surface area contributed by atoms with Gasteiger partial charge in [-0.05, 0) is 45.4 Å². The summed E-state index contributed by atoms with van der Waals surface area (Å²) >= 11 is 0. The average Bonchev–Trinajstić information content (AvgIpc) is 2.59. The van der Waals surface area contributed by atoms with Crippen LogP contribution in [-0.4, -0.2) is 48.1 Å². The highest BCUT2D eigenvalue weighted by atomic mass is 16.2. The Morgan fingerprint density at radius 1 is 1.12 bits per heavy atom. The number of carbonyl (C=O) groups is 2. The SMILES string of the molecule is CC(N)C1CCCCN1C(=O)CCCNC(=O)NC1CCCCC1. The first-order chi connectivity index (χ1) is 11.6. The Labute approximate surface area is 145 Å². The molecule has 1 saturated carbocycles. The van der Waals surface area contributed by atoms with Gasteiger partial charge >= 0.3 is 6.03 Å². The zero-order valence-corrected chi connectivity index (χ0v) is 15.1. The molecule has 24 heavy (non-hydrogen) atoms. The van der Waals surface area contributed by atoms with Crippen LogP contribution in [-0.2, 0) is 4.79 Å². The quantitative estimate of drug-likeness (QED) is 0.648. The smallest absolute Gasteiger partial charge is 0.315 e. The molecule has 2 atom stereocenters.